The Morgan fingerprint density at radius 1 is 1.50 bits per heavy atom. The summed E-state index contributed by atoms with van der Waals surface area (Å²) in [5.41, 5.74) is 0. The van der Waals surface area contributed by atoms with Crippen LogP contribution in [0.2, 0.25) is 5.15 Å². The average molecular weight is 244 g/mol. The lowest BCUT2D eigenvalue weighted by Crippen LogP contribution is -2.23. The van der Waals surface area contributed by atoms with Crippen LogP contribution < -0.4 is 5.32 Å². The fraction of sp³-hybridized carbons (Fsp3) is 0.600. The summed E-state index contributed by atoms with van der Waals surface area (Å²) in [5.74, 6) is 1.78. The van der Waals surface area contributed by atoms with E-state index < -0.39 is 6.10 Å². The number of nitrogens with zero attached hydrogens (tertiary/aromatic N) is 2. The fourth-order valence-corrected chi connectivity index (χ4v) is 1.53. The normalized spacial score (nSPS) is 17.2. The Kier molecular flexibility index (Phi) is 3.58. The molecule has 0 aromatic carbocycles. The van der Waals surface area contributed by atoms with Crippen LogP contribution in [0.5, 0.6) is 0 Å². The molecule has 1 aliphatic rings. The molecule has 5 nitrogen and oxygen atoms in total. The first-order chi connectivity index (χ1) is 7.69. The number of aromatic nitrogens is 2. The van der Waals surface area contributed by atoms with Gasteiger partial charge in [-0.25, -0.2) is 9.97 Å². The number of nitrogens with one attached hydrogen (secondary N) is 1. The van der Waals surface area contributed by atoms with Crippen LogP contribution >= 0.6 is 11.6 Å². The maximum Gasteiger partial charge on any atom is 0.135 e. The number of hydrogen-bond acceptors (Lipinski definition) is 5. The summed E-state index contributed by atoms with van der Waals surface area (Å²) in [4.78, 5) is 8.45. The quantitative estimate of drug-likeness (QED) is 0.666. The van der Waals surface area contributed by atoms with Gasteiger partial charge in [-0.15, -0.1) is 0 Å². The Morgan fingerprint density at radius 3 is 2.88 bits per heavy atom. The molecule has 0 saturated heterocycles. The Morgan fingerprint density at radius 2 is 2.25 bits per heavy atom. The van der Waals surface area contributed by atoms with E-state index in [1.54, 1.807) is 6.07 Å². The average Bonchev–Trinajstić information content (AvgIpc) is 3.09. The van der Waals surface area contributed by atoms with Crippen LogP contribution in [0.3, 0.4) is 0 Å². The van der Waals surface area contributed by atoms with Crippen LogP contribution in [-0.2, 0) is 0 Å². The summed E-state index contributed by atoms with van der Waals surface area (Å²) in [5, 5.41) is 21.2. The molecule has 1 heterocycles. The van der Waals surface area contributed by atoms with Gasteiger partial charge in [0.05, 0.1) is 12.7 Å². The highest BCUT2D eigenvalue weighted by atomic mass is 35.5. The standard InChI is InChI=1S/C10H14ClN3O2/c11-8-3-9(12-4-7(16)5-15)14-10(13-8)6-1-2-6/h3,6-7,15-16H,1-2,4-5H2,(H,12,13,14). The molecule has 1 aliphatic carbocycles. The lowest BCUT2D eigenvalue weighted by Gasteiger charge is -2.10. The molecule has 3 N–H and O–H groups in total. The van der Waals surface area contributed by atoms with E-state index in [1.807, 2.05) is 0 Å². The zero-order valence-electron chi connectivity index (χ0n) is 8.73. The van der Waals surface area contributed by atoms with Crippen molar-refractivity contribution in [1.29, 1.82) is 0 Å². The maximum absolute atomic E-state index is 9.19. The summed E-state index contributed by atoms with van der Waals surface area (Å²) in [7, 11) is 0. The van der Waals surface area contributed by atoms with Crippen LogP contribution in [0.4, 0.5) is 5.82 Å². The molecular weight excluding hydrogens is 230 g/mol. The molecule has 16 heavy (non-hydrogen) atoms. The SMILES string of the molecule is OCC(O)CNc1cc(Cl)nc(C2CC2)n1. The lowest BCUT2D eigenvalue weighted by atomic mass is 10.3. The first kappa shape index (κ1) is 11.6. The molecule has 0 bridgehead atoms. The van der Waals surface area contributed by atoms with Crippen molar-refractivity contribution in [2.24, 2.45) is 0 Å². The Hall–Kier alpha value is -0.910. The van der Waals surface area contributed by atoms with Gasteiger partial charge in [0.1, 0.15) is 16.8 Å². The summed E-state index contributed by atoms with van der Waals surface area (Å²) in [6.07, 6.45) is 1.43. The molecule has 88 valence electrons. The Bertz CT molecular complexity index is 371. The van der Waals surface area contributed by atoms with Crippen molar-refractivity contribution in [3.05, 3.63) is 17.0 Å². The van der Waals surface area contributed by atoms with E-state index in [2.05, 4.69) is 15.3 Å². The van der Waals surface area contributed by atoms with Crippen molar-refractivity contribution in [3.63, 3.8) is 0 Å². The molecule has 2 rings (SSSR count). The van der Waals surface area contributed by atoms with Gasteiger partial charge in [-0.3, -0.25) is 0 Å². The third-order valence-electron chi connectivity index (χ3n) is 2.38. The third kappa shape index (κ3) is 3.04. The summed E-state index contributed by atoms with van der Waals surface area (Å²) in [6.45, 7) is -0.0325. The van der Waals surface area contributed by atoms with Crippen LogP contribution in [0.25, 0.3) is 0 Å². The number of aliphatic hydroxyl groups excluding tert-OH is 2. The predicted molar refractivity (Wildman–Crippen MR) is 60.6 cm³/mol. The monoisotopic (exact) mass is 243 g/mol. The van der Waals surface area contributed by atoms with Crippen LogP contribution in [-0.4, -0.2) is 39.4 Å². The van der Waals surface area contributed by atoms with E-state index in [0.717, 1.165) is 18.7 Å². The van der Waals surface area contributed by atoms with Gasteiger partial charge >= 0.3 is 0 Å². The minimum absolute atomic E-state index is 0.244. The third-order valence-corrected chi connectivity index (χ3v) is 2.58. The van der Waals surface area contributed by atoms with Gasteiger partial charge in [0.15, 0.2) is 0 Å². The van der Waals surface area contributed by atoms with E-state index in [-0.39, 0.29) is 13.2 Å². The number of hydrogen-bond donors (Lipinski definition) is 3. The number of rotatable bonds is 5. The molecule has 1 unspecified atom stereocenters. The van der Waals surface area contributed by atoms with E-state index >= 15 is 0 Å². The topological polar surface area (TPSA) is 78.3 Å². The summed E-state index contributed by atoms with van der Waals surface area (Å²) < 4.78 is 0. The van der Waals surface area contributed by atoms with Gasteiger partial charge in [0, 0.05) is 18.5 Å². The smallest absolute Gasteiger partial charge is 0.135 e. The molecule has 0 radical (unpaired) electrons. The number of anilines is 1. The second-order valence-corrected chi connectivity index (χ2v) is 4.31. The zero-order valence-corrected chi connectivity index (χ0v) is 9.48. The second kappa shape index (κ2) is 4.95. The molecule has 0 spiro atoms. The predicted octanol–water partition coefficient (Wildman–Crippen LogP) is 0.773. The van der Waals surface area contributed by atoms with Crippen molar-refractivity contribution < 1.29 is 10.2 Å². The van der Waals surface area contributed by atoms with E-state index in [4.69, 9.17) is 16.7 Å². The van der Waals surface area contributed by atoms with Crippen molar-refractivity contribution in [1.82, 2.24) is 9.97 Å². The molecule has 0 aliphatic heterocycles. The van der Waals surface area contributed by atoms with Crippen LogP contribution in [0.1, 0.15) is 24.6 Å². The molecule has 1 atom stereocenters. The molecule has 6 heteroatoms. The number of halogens is 1. The van der Waals surface area contributed by atoms with Crippen molar-refractivity contribution in [2.45, 2.75) is 24.9 Å². The Labute approximate surface area is 98.5 Å². The van der Waals surface area contributed by atoms with Crippen LogP contribution in [0.15, 0.2) is 6.07 Å². The molecular formula is C10H14ClN3O2. The highest BCUT2D eigenvalue weighted by Gasteiger charge is 2.27. The van der Waals surface area contributed by atoms with E-state index in [9.17, 15) is 5.11 Å². The highest BCUT2D eigenvalue weighted by Crippen LogP contribution is 2.38. The van der Waals surface area contributed by atoms with Crippen molar-refractivity contribution >= 4 is 17.4 Å². The lowest BCUT2D eigenvalue weighted by molar-refractivity contribution is 0.105. The largest absolute Gasteiger partial charge is 0.394 e. The number of aliphatic hydroxyl groups is 2. The van der Waals surface area contributed by atoms with Crippen molar-refractivity contribution in [2.75, 3.05) is 18.5 Å². The van der Waals surface area contributed by atoms with Gasteiger partial charge in [0.2, 0.25) is 0 Å². The molecule has 1 aromatic heterocycles. The van der Waals surface area contributed by atoms with E-state index in [1.165, 1.54) is 0 Å². The van der Waals surface area contributed by atoms with Crippen LogP contribution in [0, 0.1) is 0 Å². The van der Waals surface area contributed by atoms with Gasteiger partial charge in [0.25, 0.3) is 0 Å². The molecule has 1 aromatic rings. The van der Waals surface area contributed by atoms with E-state index in [0.29, 0.717) is 16.9 Å². The fourth-order valence-electron chi connectivity index (χ4n) is 1.34. The molecule has 0 amide bonds. The minimum Gasteiger partial charge on any atom is -0.394 e. The van der Waals surface area contributed by atoms with Gasteiger partial charge in [-0.1, -0.05) is 11.6 Å². The summed E-state index contributed by atoms with van der Waals surface area (Å²) in [6, 6.07) is 1.61. The van der Waals surface area contributed by atoms with Crippen molar-refractivity contribution in [3.8, 4) is 0 Å². The minimum atomic E-state index is -0.793. The molecule has 1 fully saturated rings. The van der Waals surface area contributed by atoms with Gasteiger partial charge < -0.3 is 15.5 Å². The zero-order chi connectivity index (χ0) is 11.5. The second-order valence-electron chi connectivity index (χ2n) is 3.93. The first-order valence-corrected chi connectivity index (χ1v) is 5.64. The highest BCUT2D eigenvalue weighted by molar-refractivity contribution is 6.29. The Balaban J connectivity index is 2.02. The molecule has 1 saturated carbocycles. The summed E-state index contributed by atoms with van der Waals surface area (Å²) >= 11 is 5.87. The first-order valence-electron chi connectivity index (χ1n) is 5.26. The van der Waals surface area contributed by atoms with Gasteiger partial charge in [-0.05, 0) is 12.8 Å². The maximum atomic E-state index is 9.19. The van der Waals surface area contributed by atoms with Gasteiger partial charge in [-0.2, -0.15) is 0 Å².